The highest BCUT2D eigenvalue weighted by molar-refractivity contribution is 7.64. The molecule has 0 aromatic heterocycles. The van der Waals surface area contributed by atoms with Crippen molar-refractivity contribution >= 4 is 55.7 Å². The minimum atomic E-state index is -2.48. The van der Waals surface area contributed by atoms with Gasteiger partial charge in [-0.05, 0) is 55.3 Å². The summed E-state index contributed by atoms with van der Waals surface area (Å²) in [4.78, 5) is 0. The van der Waals surface area contributed by atoms with Gasteiger partial charge in [0.1, 0.15) is 16.5 Å². The molecule has 0 amide bonds. The van der Waals surface area contributed by atoms with Gasteiger partial charge in [0.2, 0.25) is 0 Å². The van der Waals surface area contributed by atoms with E-state index in [1.807, 2.05) is 0 Å². The topological polar surface area (TPSA) is 3.24 Å². The Morgan fingerprint density at radius 3 is 1.18 bits per heavy atom. The van der Waals surface area contributed by atoms with Crippen molar-refractivity contribution in [2.75, 3.05) is 6.54 Å². The fraction of sp³-hybridized carbons (Fsp3) is 1.00. The SMILES string of the molecule is CC[Si](CC)(CC)N(CCC[Si](Cl)(Cl)Cl)[Si](CC)(CC)CC. The summed E-state index contributed by atoms with van der Waals surface area (Å²) >= 11 is 18.4. The maximum Gasteiger partial charge on any atom is 0.341 e. The smallest absolute Gasteiger partial charge is 0.341 e. The molecule has 0 unspecified atom stereocenters. The van der Waals surface area contributed by atoms with Crippen LogP contribution >= 0.6 is 33.2 Å². The third kappa shape index (κ3) is 6.08. The highest BCUT2D eigenvalue weighted by Crippen LogP contribution is 2.37. The van der Waals surface area contributed by atoms with Gasteiger partial charge < -0.3 is 4.23 Å². The Morgan fingerprint density at radius 1 is 0.636 bits per heavy atom. The summed E-state index contributed by atoms with van der Waals surface area (Å²) in [6, 6.07) is 6.49. The molecule has 0 fully saturated rings. The molecule has 0 heterocycles. The molecule has 0 saturated carbocycles. The maximum absolute atomic E-state index is 6.12. The molecule has 0 radical (unpaired) electrons. The first-order valence-electron chi connectivity index (χ1n) is 9.05. The zero-order valence-corrected chi connectivity index (χ0v) is 20.7. The van der Waals surface area contributed by atoms with Gasteiger partial charge in [0.25, 0.3) is 0 Å². The molecule has 0 rings (SSSR count). The van der Waals surface area contributed by atoms with Crippen LogP contribution in [0, 0.1) is 0 Å². The molecule has 0 aliphatic heterocycles. The van der Waals surface area contributed by atoms with Crippen molar-refractivity contribution in [1.29, 1.82) is 0 Å². The van der Waals surface area contributed by atoms with Crippen LogP contribution in [0.1, 0.15) is 48.0 Å². The molecular weight excluding hydrogens is 385 g/mol. The zero-order chi connectivity index (χ0) is 17.4. The predicted molar refractivity (Wildman–Crippen MR) is 114 cm³/mol. The summed E-state index contributed by atoms with van der Waals surface area (Å²) in [7, 11) is -2.72. The first-order chi connectivity index (χ1) is 10.2. The lowest BCUT2D eigenvalue weighted by atomic mass is 10.5. The van der Waals surface area contributed by atoms with Crippen molar-refractivity contribution in [3.05, 3.63) is 0 Å². The molecule has 7 heteroatoms. The number of halogens is 3. The van der Waals surface area contributed by atoms with Gasteiger partial charge in [0.15, 0.2) is 0 Å². The van der Waals surface area contributed by atoms with Crippen LogP contribution in [-0.2, 0) is 0 Å². The molecule has 0 aliphatic rings. The van der Waals surface area contributed by atoms with Crippen LogP contribution in [0.15, 0.2) is 0 Å². The Morgan fingerprint density at radius 2 is 0.955 bits per heavy atom. The lowest BCUT2D eigenvalue weighted by molar-refractivity contribution is 0.565. The second kappa shape index (κ2) is 10.5. The van der Waals surface area contributed by atoms with Crippen molar-refractivity contribution < 1.29 is 0 Å². The Kier molecular flexibility index (Phi) is 11.2. The van der Waals surface area contributed by atoms with E-state index in [0.717, 1.165) is 12.5 Å². The van der Waals surface area contributed by atoms with Gasteiger partial charge in [-0.15, -0.1) is 33.2 Å². The first-order valence-corrected chi connectivity index (χ1v) is 19.4. The fourth-order valence-electron chi connectivity index (χ4n) is 4.06. The van der Waals surface area contributed by atoms with E-state index in [9.17, 15) is 0 Å². The maximum atomic E-state index is 6.12. The molecule has 0 spiro atoms. The first kappa shape index (κ1) is 23.5. The largest absolute Gasteiger partial charge is 0.345 e. The minimum absolute atomic E-state index is 0.803. The number of hydrogen-bond acceptors (Lipinski definition) is 1. The summed E-state index contributed by atoms with van der Waals surface area (Å²) < 4.78 is 3.07. The minimum Gasteiger partial charge on any atom is -0.345 e. The molecule has 0 aromatic rings. The Hall–Kier alpha value is 1.48. The molecule has 22 heavy (non-hydrogen) atoms. The quantitative estimate of drug-likeness (QED) is 0.235. The van der Waals surface area contributed by atoms with Gasteiger partial charge in [-0.25, -0.2) is 0 Å². The van der Waals surface area contributed by atoms with E-state index >= 15 is 0 Å². The highest BCUT2D eigenvalue weighted by atomic mass is 35.8. The van der Waals surface area contributed by atoms with Crippen LogP contribution in [0.25, 0.3) is 0 Å². The second-order valence-electron chi connectivity index (χ2n) is 6.44. The summed E-state index contributed by atoms with van der Waals surface area (Å²) in [6.45, 7) is 15.6. The van der Waals surface area contributed by atoms with E-state index in [-0.39, 0.29) is 0 Å². The van der Waals surface area contributed by atoms with Crippen molar-refractivity contribution in [2.24, 2.45) is 0 Å². The summed E-state index contributed by atoms with van der Waals surface area (Å²) in [6.07, 6.45) is 1.06. The third-order valence-corrected chi connectivity index (χ3v) is 22.0. The van der Waals surface area contributed by atoms with Gasteiger partial charge in [0.05, 0.1) is 0 Å². The summed E-state index contributed by atoms with van der Waals surface area (Å²) in [5, 5.41) is 0. The second-order valence-corrected chi connectivity index (χ2v) is 26.4. The van der Waals surface area contributed by atoms with Crippen molar-refractivity contribution in [3.63, 3.8) is 0 Å². The highest BCUT2D eigenvalue weighted by Gasteiger charge is 2.45. The van der Waals surface area contributed by atoms with Crippen molar-refractivity contribution in [3.8, 4) is 0 Å². The monoisotopic (exact) mass is 419 g/mol. The van der Waals surface area contributed by atoms with Crippen molar-refractivity contribution in [2.45, 2.75) is 90.3 Å². The van der Waals surface area contributed by atoms with Gasteiger partial charge in [-0.2, -0.15) is 0 Å². The van der Waals surface area contributed by atoms with Gasteiger partial charge in [-0.1, -0.05) is 41.5 Å². The lowest BCUT2D eigenvalue weighted by Gasteiger charge is -2.52. The molecule has 1 nitrogen and oxygen atoms in total. The summed E-state index contributed by atoms with van der Waals surface area (Å²) in [5.74, 6) is 0. The average Bonchev–Trinajstić information content (AvgIpc) is 2.50. The zero-order valence-electron chi connectivity index (χ0n) is 15.4. The van der Waals surface area contributed by atoms with E-state index in [4.69, 9.17) is 33.2 Å². The van der Waals surface area contributed by atoms with E-state index in [0.29, 0.717) is 0 Å². The summed E-state index contributed by atoms with van der Waals surface area (Å²) in [5.41, 5.74) is 0. The van der Waals surface area contributed by atoms with Crippen LogP contribution in [0.5, 0.6) is 0 Å². The molecule has 0 saturated heterocycles. The van der Waals surface area contributed by atoms with E-state index in [2.05, 4.69) is 45.8 Å². The van der Waals surface area contributed by atoms with E-state index in [1.165, 1.54) is 42.8 Å². The molecule has 0 bridgehead atoms. The van der Waals surface area contributed by atoms with Crippen LogP contribution in [0.4, 0.5) is 0 Å². The van der Waals surface area contributed by atoms with Crippen LogP contribution in [0.3, 0.4) is 0 Å². The van der Waals surface area contributed by atoms with Crippen LogP contribution in [-0.4, -0.2) is 33.2 Å². The standard InChI is InChI=1S/C15H36Cl3NSi3/c1-7-20(8-2,9-3)19(14-13-15-22(16,17)18)21(10-4,11-5)12-6/h7-15H2,1-6H3. The van der Waals surface area contributed by atoms with Gasteiger partial charge in [-0.3, -0.25) is 0 Å². The Labute approximate surface area is 156 Å². The van der Waals surface area contributed by atoms with E-state index in [1.54, 1.807) is 0 Å². The number of rotatable bonds is 12. The molecule has 0 aromatic carbocycles. The average molecular weight is 421 g/mol. The Balaban J connectivity index is 5.47. The Bertz CT molecular complexity index is 266. The van der Waals surface area contributed by atoms with E-state index < -0.39 is 22.5 Å². The number of nitrogens with zero attached hydrogens (tertiary/aromatic N) is 1. The van der Waals surface area contributed by atoms with Gasteiger partial charge in [0, 0.05) is 0 Å². The lowest BCUT2D eigenvalue weighted by Crippen LogP contribution is -2.66. The van der Waals surface area contributed by atoms with Crippen molar-refractivity contribution in [1.82, 2.24) is 4.23 Å². The molecular formula is C15H36Cl3NSi3. The fourth-order valence-corrected chi connectivity index (χ4v) is 19.2. The molecule has 134 valence electrons. The van der Waals surface area contributed by atoms with Crippen LogP contribution in [0.2, 0.25) is 42.3 Å². The molecule has 0 N–H and O–H groups in total. The predicted octanol–water partition coefficient (Wildman–Crippen LogP) is 7.34. The molecule has 0 atom stereocenters. The van der Waals surface area contributed by atoms with Gasteiger partial charge >= 0.3 is 6.00 Å². The number of hydrogen-bond donors (Lipinski definition) is 0. The van der Waals surface area contributed by atoms with Crippen LogP contribution < -0.4 is 0 Å². The molecule has 0 aliphatic carbocycles. The third-order valence-electron chi connectivity index (χ3n) is 5.94. The normalized spacial score (nSPS) is 13.9.